The number of likely N-dealkylation sites (tertiary alicyclic amines) is 2. The lowest BCUT2D eigenvalue weighted by Crippen LogP contribution is -2.47. The van der Waals surface area contributed by atoms with Crippen LogP contribution in [0.4, 0.5) is 48.9 Å². The highest BCUT2D eigenvalue weighted by Crippen LogP contribution is 2.37. The molecule has 26 heteroatoms. The number of anilines is 3. The number of fused-ring (bicyclic) bond motifs is 2. The molecule has 7 aromatic heterocycles. The van der Waals surface area contributed by atoms with Gasteiger partial charge in [0.25, 0.3) is 0 Å². The number of carbonyl (C=O) groups is 3. The number of amides is 4. The molecule has 6 N–H and O–H groups in total. The lowest BCUT2D eigenvalue weighted by molar-refractivity contribution is -0.152. The number of aryl methyl sites for hydroxylation is 1. The quantitative estimate of drug-likeness (QED) is 0.0525. The predicted octanol–water partition coefficient (Wildman–Crippen LogP) is 8.91. The Morgan fingerprint density at radius 2 is 1.28 bits per heavy atom. The molecule has 7 aromatic rings. The Hall–Kier alpha value is -7.34. The van der Waals surface area contributed by atoms with Gasteiger partial charge in [-0.15, -0.1) is 0 Å². The average molecular weight is 1030 g/mol. The third-order valence-corrected chi connectivity index (χ3v) is 12.1. The number of alkyl halides is 3. The number of aromatic amines is 2. The van der Waals surface area contributed by atoms with Gasteiger partial charge in [-0.1, -0.05) is 23.2 Å². The molecule has 2 saturated heterocycles. The second-order valence-corrected chi connectivity index (χ2v) is 17.6. The minimum Gasteiger partial charge on any atom is -0.468 e. The Labute approximate surface area is 410 Å². The molecule has 71 heavy (non-hydrogen) atoms. The molecule has 0 saturated carbocycles. The number of aromatic nitrogens is 8. The van der Waals surface area contributed by atoms with Crippen molar-refractivity contribution in [2.45, 2.75) is 38.8 Å². The predicted molar refractivity (Wildman–Crippen MR) is 253 cm³/mol. The van der Waals surface area contributed by atoms with Gasteiger partial charge in [-0.3, -0.25) is 4.79 Å². The molecule has 9 heterocycles. The second kappa shape index (κ2) is 21.7. The van der Waals surface area contributed by atoms with Crippen molar-refractivity contribution in [1.29, 1.82) is 0 Å². The number of halogens is 7. The molecule has 2 aliphatic heterocycles. The van der Waals surface area contributed by atoms with Crippen molar-refractivity contribution in [2.24, 2.45) is 11.8 Å². The molecule has 0 spiro atoms. The third kappa shape index (κ3) is 12.2. The molecule has 4 amide bonds. The van der Waals surface area contributed by atoms with Crippen LogP contribution in [0.15, 0.2) is 59.8 Å². The number of rotatable bonds is 11. The number of urea groups is 2. The Kier molecular flexibility index (Phi) is 15.3. The standard InChI is InChI=1S/C24H22ClF4N7O2.C21H23ClFN7O3/c1-12-5-18(19(38-12)24(27,28)29)34-23(37)36-4-2-3-13(11-36)7-30-22-17(26)10-33-21(35-22)16-9-32-20-15(16)6-14(25)8-31-20;1-33-17(31)10-28-21(32)30-4-2-3-12(11-30)6-24-20-16(23)9-27-19(29-20)15-8-26-18-14(15)5-13(22)7-25-18/h5-6,8-10,13H,2-4,7,11H2,1H3,(H,31,32)(H,34,37)(H,30,33,35);5,7-9,12H,2-4,6,10-11H2,1H3,(H,25,26)(H,28,32)(H,24,27,29). The first-order chi connectivity index (χ1) is 34.0. The number of hydrogen-bond acceptors (Lipinski definition) is 13. The third-order valence-electron chi connectivity index (χ3n) is 11.7. The number of nitrogens with one attached hydrogen (secondary N) is 6. The summed E-state index contributed by atoms with van der Waals surface area (Å²) in [6.45, 7) is 3.62. The van der Waals surface area contributed by atoms with E-state index in [4.69, 9.17) is 27.6 Å². The van der Waals surface area contributed by atoms with Crippen LogP contribution in [0.3, 0.4) is 0 Å². The summed E-state index contributed by atoms with van der Waals surface area (Å²) >= 11 is 12.1. The number of ether oxygens (including phenoxy) is 1. The number of hydrogen-bond donors (Lipinski definition) is 6. The van der Waals surface area contributed by atoms with E-state index in [-0.39, 0.29) is 60.7 Å². The van der Waals surface area contributed by atoms with Gasteiger partial charge in [0.2, 0.25) is 5.76 Å². The summed E-state index contributed by atoms with van der Waals surface area (Å²) in [6, 6.07) is 3.60. The van der Waals surface area contributed by atoms with E-state index in [0.29, 0.717) is 76.3 Å². The van der Waals surface area contributed by atoms with Crippen LogP contribution in [-0.2, 0) is 15.7 Å². The largest absolute Gasteiger partial charge is 0.468 e. The van der Waals surface area contributed by atoms with Gasteiger partial charge in [-0.2, -0.15) is 13.2 Å². The van der Waals surface area contributed by atoms with Crippen LogP contribution >= 0.6 is 23.2 Å². The van der Waals surface area contributed by atoms with Crippen molar-refractivity contribution in [3.05, 3.63) is 88.6 Å². The summed E-state index contributed by atoms with van der Waals surface area (Å²) in [5.74, 6) is -2.26. The summed E-state index contributed by atoms with van der Waals surface area (Å²) in [4.78, 5) is 70.7. The molecule has 0 radical (unpaired) electrons. The van der Waals surface area contributed by atoms with E-state index in [1.807, 2.05) is 0 Å². The number of furan rings is 1. The Bertz CT molecular complexity index is 3060. The van der Waals surface area contributed by atoms with Crippen LogP contribution in [0.5, 0.6) is 0 Å². The minimum absolute atomic E-state index is 0.00963. The normalized spacial score (nSPS) is 16.1. The number of pyridine rings is 2. The van der Waals surface area contributed by atoms with Crippen LogP contribution < -0.4 is 21.3 Å². The number of nitrogens with zero attached hydrogens (tertiary/aromatic N) is 8. The summed E-state index contributed by atoms with van der Waals surface area (Å²) in [5, 5.41) is 13.2. The summed E-state index contributed by atoms with van der Waals surface area (Å²) in [7, 11) is 1.26. The van der Waals surface area contributed by atoms with Crippen molar-refractivity contribution in [1.82, 2.24) is 55.0 Å². The molecule has 0 aliphatic carbocycles. The molecule has 2 atom stereocenters. The SMILES string of the molecule is COC(=O)CNC(=O)N1CCCC(CNc2nc(-c3c[nH]c4ncc(Cl)cc34)ncc2F)C1.Cc1cc(NC(=O)N2CCCC(CNc3nc(-c4c[nH]c5ncc(Cl)cc45)ncc3F)C2)c(C(F)(F)F)o1. The molecule has 0 bridgehead atoms. The van der Waals surface area contributed by atoms with E-state index >= 15 is 0 Å². The van der Waals surface area contributed by atoms with E-state index in [0.717, 1.165) is 43.1 Å². The number of H-pyrrole nitrogens is 2. The van der Waals surface area contributed by atoms with Crippen LogP contribution in [0, 0.1) is 30.4 Å². The maximum absolute atomic E-state index is 14.5. The van der Waals surface area contributed by atoms with Gasteiger partial charge in [0.1, 0.15) is 23.6 Å². The van der Waals surface area contributed by atoms with Crippen LogP contribution in [0.2, 0.25) is 10.0 Å². The van der Waals surface area contributed by atoms with Gasteiger partial charge in [-0.05, 0) is 56.6 Å². The van der Waals surface area contributed by atoms with Crippen LogP contribution in [-0.4, -0.2) is 121 Å². The lowest BCUT2D eigenvalue weighted by atomic mass is 9.98. The first-order valence-corrected chi connectivity index (χ1v) is 22.9. The van der Waals surface area contributed by atoms with E-state index in [1.165, 1.54) is 31.3 Å². The highest BCUT2D eigenvalue weighted by atomic mass is 35.5. The zero-order valence-corrected chi connectivity index (χ0v) is 39.4. The molecular formula is C45H45Cl2F5N14O5. The van der Waals surface area contributed by atoms with Gasteiger partial charge in [0.15, 0.2) is 34.9 Å². The van der Waals surface area contributed by atoms with Gasteiger partial charge >= 0.3 is 24.2 Å². The number of esters is 1. The zero-order valence-electron chi connectivity index (χ0n) is 37.9. The molecule has 374 valence electrons. The number of methoxy groups -OCH3 is 1. The van der Waals surface area contributed by atoms with Crippen molar-refractivity contribution >= 4 is 80.6 Å². The van der Waals surface area contributed by atoms with Gasteiger partial charge in [-0.25, -0.2) is 48.3 Å². The first kappa shape index (κ1) is 50.1. The van der Waals surface area contributed by atoms with Gasteiger partial charge in [0.05, 0.1) is 35.2 Å². The summed E-state index contributed by atoms with van der Waals surface area (Å²) in [6.07, 6.45) is 6.90. The fourth-order valence-electron chi connectivity index (χ4n) is 8.23. The van der Waals surface area contributed by atoms with E-state index in [9.17, 15) is 36.3 Å². The molecule has 2 unspecified atom stereocenters. The maximum atomic E-state index is 14.5. The molecule has 19 nitrogen and oxygen atoms in total. The maximum Gasteiger partial charge on any atom is 0.451 e. The monoisotopic (exact) mass is 1030 g/mol. The van der Waals surface area contributed by atoms with Crippen LogP contribution in [0.1, 0.15) is 37.2 Å². The fourth-order valence-corrected chi connectivity index (χ4v) is 8.54. The highest BCUT2D eigenvalue weighted by Gasteiger charge is 2.39. The topological polar surface area (TPSA) is 237 Å². The summed E-state index contributed by atoms with van der Waals surface area (Å²) < 4.78 is 77.8. The smallest absolute Gasteiger partial charge is 0.451 e. The number of piperidine rings is 2. The van der Waals surface area contributed by atoms with E-state index in [1.54, 1.807) is 29.4 Å². The fraction of sp³-hybridized carbons (Fsp3) is 0.356. The summed E-state index contributed by atoms with van der Waals surface area (Å²) in [5.41, 5.74) is 2.05. The highest BCUT2D eigenvalue weighted by molar-refractivity contribution is 6.31. The van der Waals surface area contributed by atoms with E-state index < -0.39 is 41.3 Å². The Morgan fingerprint density at radius 1 is 0.775 bits per heavy atom. The van der Waals surface area contributed by atoms with Crippen molar-refractivity contribution in [3.63, 3.8) is 0 Å². The van der Waals surface area contributed by atoms with E-state index in [2.05, 4.69) is 65.9 Å². The van der Waals surface area contributed by atoms with Crippen molar-refractivity contribution < 1.29 is 45.5 Å². The molecule has 2 fully saturated rings. The number of carbonyl (C=O) groups excluding carboxylic acids is 3. The minimum atomic E-state index is -4.73. The second-order valence-electron chi connectivity index (χ2n) is 16.7. The molecular weight excluding hydrogens is 982 g/mol. The lowest BCUT2D eigenvalue weighted by Gasteiger charge is -2.33. The Balaban J connectivity index is 0.000000192. The molecule has 0 aromatic carbocycles. The first-order valence-electron chi connectivity index (χ1n) is 22.1. The van der Waals surface area contributed by atoms with Crippen LogP contribution in [0.25, 0.3) is 44.8 Å². The van der Waals surface area contributed by atoms with Crippen molar-refractivity contribution in [2.75, 3.05) is 68.9 Å². The molecule has 2 aliphatic rings. The van der Waals surface area contributed by atoms with Gasteiger partial charge < -0.3 is 50.2 Å². The van der Waals surface area contributed by atoms with Crippen molar-refractivity contribution in [3.8, 4) is 22.8 Å². The Morgan fingerprint density at radius 3 is 1.77 bits per heavy atom. The van der Waals surface area contributed by atoms with Gasteiger partial charge in [0, 0.05) is 92.0 Å². The molecule has 9 rings (SSSR count). The zero-order chi connectivity index (χ0) is 50.4. The average Bonchev–Trinajstić information content (AvgIpc) is 4.09.